The molecule has 5 nitrogen and oxygen atoms in total. The minimum atomic E-state index is -3.30. The molecule has 0 bridgehead atoms. The number of thiophene rings is 1. The second kappa shape index (κ2) is 9.10. The lowest BCUT2D eigenvalue weighted by atomic mass is 10.1. The number of benzene rings is 1. The van der Waals surface area contributed by atoms with Crippen LogP contribution in [0.15, 0.2) is 47.2 Å². The zero-order valence-electron chi connectivity index (χ0n) is 15.2. The van der Waals surface area contributed by atoms with Gasteiger partial charge in [0, 0.05) is 38.8 Å². The van der Waals surface area contributed by atoms with E-state index in [1.165, 1.54) is 5.56 Å². The van der Waals surface area contributed by atoms with Gasteiger partial charge in [-0.1, -0.05) is 30.3 Å². The molecule has 1 aromatic heterocycles. The predicted molar refractivity (Wildman–Crippen MR) is 108 cm³/mol. The van der Waals surface area contributed by atoms with Gasteiger partial charge in [0.05, 0.1) is 5.75 Å². The quantitative estimate of drug-likeness (QED) is 0.747. The van der Waals surface area contributed by atoms with Gasteiger partial charge in [-0.15, -0.1) is 0 Å². The van der Waals surface area contributed by atoms with Crippen molar-refractivity contribution in [3.63, 3.8) is 0 Å². The normalized spacial score (nSPS) is 18.0. The minimum absolute atomic E-state index is 0.0986. The first-order valence-electron chi connectivity index (χ1n) is 8.99. The van der Waals surface area contributed by atoms with Crippen molar-refractivity contribution in [2.75, 3.05) is 45.5 Å². The molecule has 0 spiro atoms. The Morgan fingerprint density at radius 3 is 2.50 bits per heavy atom. The van der Waals surface area contributed by atoms with Crippen LogP contribution in [0.2, 0.25) is 0 Å². The fourth-order valence-corrected chi connectivity index (χ4v) is 5.00. The fraction of sp³-hybridized carbons (Fsp3) is 0.474. The number of hydrogen-bond acceptors (Lipinski definition) is 5. The van der Waals surface area contributed by atoms with E-state index in [9.17, 15) is 8.42 Å². The van der Waals surface area contributed by atoms with E-state index in [0.717, 1.165) is 31.7 Å². The average Bonchev–Trinajstić information content (AvgIpc) is 3.17. The molecule has 1 aliphatic rings. The summed E-state index contributed by atoms with van der Waals surface area (Å²) in [6, 6.07) is 12.0. The molecule has 1 fully saturated rings. The summed E-state index contributed by atoms with van der Waals surface area (Å²) >= 11 is 1.66. The molecule has 26 heavy (non-hydrogen) atoms. The van der Waals surface area contributed by atoms with Crippen LogP contribution in [0.1, 0.15) is 17.2 Å². The van der Waals surface area contributed by atoms with E-state index >= 15 is 0 Å². The molecule has 0 amide bonds. The third-order valence-electron chi connectivity index (χ3n) is 4.91. The van der Waals surface area contributed by atoms with Crippen LogP contribution in [-0.4, -0.2) is 63.7 Å². The van der Waals surface area contributed by atoms with E-state index in [4.69, 9.17) is 0 Å². The smallest absolute Gasteiger partial charge is 0.211 e. The molecule has 1 aromatic carbocycles. The van der Waals surface area contributed by atoms with Gasteiger partial charge in [0.25, 0.3) is 0 Å². The molecular weight excluding hydrogens is 366 g/mol. The van der Waals surface area contributed by atoms with Gasteiger partial charge in [0.15, 0.2) is 0 Å². The summed E-state index contributed by atoms with van der Waals surface area (Å²) in [5, 5.41) is 4.18. The first kappa shape index (κ1) is 19.5. The third kappa shape index (κ3) is 5.62. The molecule has 3 rings (SSSR count). The molecule has 142 valence electrons. The highest BCUT2D eigenvalue weighted by Crippen LogP contribution is 2.24. The fourth-order valence-electron chi connectivity index (χ4n) is 3.23. The van der Waals surface area contributed by atoms with Gasteiger partial charge in [0.2, 0.25) is 10.0 Å². The molecular formula is C19H27N3O2S2. The summed E-state index contributed by atoms with van der Waals surface area (Å²) in [5.74, 6) is 0.121. The Morgan fingerprint density at radius 2 is 1.85 bits per heavy atom. The number of hydrogen-bond donors (Lipinski definition) is 1. The van der Waals surface area contributed by atoms with Crippen LogP contribution in [0.4, 0.5) is 0 Å². The van der Waals surface area contributed by atoms with E-state index in [-0.39, 0.29) is 11.8 Å². The Bertz CT molecular complexity index is 755. The van der Waals surface area contributed by atoms with Crippen molar-refractivity contribution in [1.29, 1.82) is 0 Å². The second-order valence-corrected chi connectivity index (χ2v) is 9.52. The predicted octanol–water partition coefficient (Wildman–Crippen LogP) is 2.20. The van der Waals surface area contributed by atoms with Crippen molar-refractivity contribution in [2.24, 2.45) is 0 Å². The van der Waals surface area contributed by atoms with Gasteiger partial charge < -0.3 is 4.90 Å². The van der Waals surface area contributed by atoms with Crippen molar-refractivity contribution in [1.82, 2.24) is 14.5 Å². The van der Waals surface area contributed by atoms with Crippen LogP contribution in [0.5, 0.6) is 0 Å². The van der Waals surface area contributed by atoms with Crippen molar-refractivity contribution >= 4 is 21.4 Å². The van der Waals surface area contributed by atoms with Crippen LogP contribution in [0.25, 0.3) is 0 Å². The van der Waals surface area contributed by atoms with E-state index in [2.05, 4.69) is 38.4 Å². The van der Waals surface area contributed by atoms with E-state index in [1.54, 1.807) is 11.3 Å². The zero-order chi connectivity index (χ0) is 18.4. The molecule has 2 heterocycles. The van der Waals surface area contributed by atoms with Gasteiger partial charge >= 0.3 is 0 Å². The maximum Gasteiger partial charge on any atom is 0.211 e. The summed E-state index contributed by atoms with van der Waals surface area (Å²) in [4.78, 5) is 4.70. The number of likely N-dealkylation sites (N-methyl/N-ethyl adjacent to an activating group) is 1. The van der Waals surface area contributed by atoms with Crippen LogP contribution < -0.4 is 4.72 Å². The van der Waals surface area contributed by atoms with Crippen molar-refractivity contribution in [3.8, 4) is 0 Å². The standard InChI is InChI=1S/C19H27N3O2S2/c1-21-9-11-22(12-10-21)19(18-7-13-25-16-18)15-20-26(23,24)14-8-17-5-3-2-4-6-17/h2-7,13,16,19-20H,8-12,14-15H2,1H3. The summed E-state index contributed by atoms with van der Waals surface area (Å²) < 4.78 is 27.8. The maximum atomic E-state index is 12.5. The largest absolute Gasteiger partial charge is 0.304 e. The molecule has 1 atom stereocenters. The van der Waals surface area contributed by atoms with Crippen molar-refractivity contribution in [3.05, 3.63) is 58.3 Å². The van der Waals surface area contributed by atoms with Gasteiger partial charge in [-0.05, 0) is 41.4 Å². The molecule has 0 radical (unpaired) electrons. The van der Waals surface area contributed by atoms with Crippen molar-refractivity contribution < 1.29 is 8.42 Å². The summed E-state index contributed by atoms with van der Waals surface area (Å²) in [5.41, 5.74) is 2.25. The number of nitrogens with one attached hydrogen (secondary N) is 1. The lowest BCUT2D eigenvalue weighted by molar-refractivity contribution is 0.113. The highest BCUT2D eigenvalue weighted by molar-refractivity contribution is 7.89. The molecule has 1 unspecified atom stereocenters. The summed E-state index contributed by atoms with van der Waals surface area (Å²) in [7, 11) is -1.17. The number of rotatable bonds is 8. The lowest BCUT2D eigenvalue weighted by Crippen LogP contribution is -2.48. The van der Waals surface area contributed by atoms with Crippen LogP contribution in [-0.2, 0) is 16.4 Å². The molecule has 1 aliphatic heterocycles. The Balaban J connectivity index is 1.60. The van der Waals surface area contributed by atoms with Gasteiger partial charge in [-0.25, -0.2) is 13.1 Å². The number of piperazine rings is 1. The topological polar surface area (TPSA) is 52.6 Å². The highest BCUT2D eigenvalue weighted by Gasteiger charge is 2.25. The van der Waals surface area contributed by atoms with Gasteiger partial charge in [-0.2, -0.15) is 11.3 Å². The molecule has 7 heteroatoms. The molecule has 1 N–H and O–H groups in total. The Kier molecular flexibility index (Phi) is 6.83. The third-order valence-corrected chi connectivity index (χ3v) is 6.96. The Morgan fingerprint density at radius 1 is 1.12 bits per heavy atom. The second-order valence-electron chi connectivity index (χ2n) is 6.81. The molecule has 2 aromatic rings. The Hall–Kier alpha value is -1.25. The molecule has 0 aliphatic carbocycles. The first-order chi connectivity index (χ1) is 12.5. The van der Waals surface area contributed by atoms with Crippen molar-refractivity contribution in [2.45, 2.75) is 12.5 Å². The van der Waals surface area contributed by atoms with Crippen LogP contribution >= 0.6 is 11.3 Å². The van der Waals surface area contributed by atoms with E-state index in [0.29, 0.717) is 13.0 Å². The lowest BCUT2D eigenvalue weighted by Gasteiger charge is -2.37. The molecule has 0 saturated carbocycles. The highest BCUT2D eigenvalue weighted by atomic mass is 32.2. The van der Waals surface area contributed by atoms with E-state index < -0.39 is 10.0 Å². The average molecular weight is 394 g/mol. The number of nitrogens with zero attached hydrogens (tertiary/aromatic N) is 2. The van der Waals surface area contributed by atoms with E-state index in [1.807, 2.05) is 30.3 Å². The maximum absolute atomic E-state index is 12.5. The first-order valence-corrected chi connectivity index (χ1v) is 11.6. The minimum Gasteiger partial charge on any atom is -0.304 e. The monoisotopic (exact) mass is 393 g/mol. The van der Waals surface area contributed by atoms with Gasteiger partial charge in [0.1, 0.15) is 0 Å². The summed E-state index contributed by atoms with van der Waals surface area (Å²) in [6.45, 7) is 4.38. The summed E-state index contributed by atoms with van der Waals surface area (Å²) in [6.07, 6.45) is 0.536. The van der Waals surface area contributed by atoms with Crippen LogP contribution in [0, 0.1) is 0 Å². The molecule has 1 saturated heterocycles. The zero-order valence-corrected chi connectivity index (χ0v) is 16.8. The van der Waals surface area contributed by atoms with Gasteiger partial charge in [-0.3, -0.25) is 4.90 Å². The Labute approximate surface area is 160 Å². The number of sulfonamides is 1. The van der Waals surface area contributed by atoms with Crippen LogP contribution in [0.3, 0.4) is 0 Å². The number of aryl methyl sites for hydroxylation is 1. The SMILES string of the molecule is CN1CCN(C(CNS(=O)(=O)CCc2ccccc2)c2ccsc2)CC1.